The van der Waals surface area contributed by atoms with Crippen molar-refractivity contribution >= 4 is 34.6 Å². The number of fused-ring (bicyclic) bond motifs is 1. The summed E-state index contributed by atoms with van der Waals surface area (Å²) in [5, 5.41) is 1.88. The summed E-state index contributed by atoms with van der Waals surface area (Å²) in [6.45, 7) is 4.37. The molecule has 5 atom stereocenters. The highest BCUT2D eigenvalue weighted by molar-refractivity contribution is 5.83. The monoisotopic (exact) mass is 474 g/mol. The first-order valence-corrected chi connectivity index (χ1v) is 10.6. The number of ether oxygens (including phenoxy) is 6. The van der Waals surface area contributed by atoms with Crippen LogP contribution in [0.15, 0.2) is 42.5 Å². The molecule has 182 valence electrons. The van der Waals surface area contributed by atoms with Gasteiger partial charge < -0.3 is 28.4 Å². The molecule has 34 heavy (non-hydrogen) atoms. The molecule has 0 spiro atoms. The molecular weight excluding hydrogens is 448 g/mol. The zero-order chi connectivity index (χ0) is 24.8. The van der Waals surface area contributed by atoms with Crippen LogP contribution in [0.1, 0.15) is 27.7 Å². The number of rotatable bonds is 7. The van der Waals surface area contributed by atoms with Gasteiger partial charge in [0.1, 0.15) is 18.5 Å². The normalized spacial score (nSPS) is 24.1. The lowest BCUT2D eigenvalue weighted by Crippen LogP contribution is -2.63. The Bertz CT molecular complexity index is 1060. The molecule has 2 aromatic rings. The first-order valence-electron chi connectivity index (χ1n) is 10.6. The standard InChI is InChI=1S/C24H26O10/c1-13(25)29-12-20-21(30-14(2)26)22(31-15(3)27)23(32-16(4)28)24(34-20)33-19-10-9-17-7-5-6-8-18(17)11-19/h5-11,20-24H,12H2,1-4H3/t20-,21+,22+,23-,24-/m1/s1. The van der Waals surface area contributed by atoms with E-state index < -0.39 is 54.6 Å². The SMILES string of the molecule is CC(=O)OC[C@H]1O[C@@H](Oc2ccc3ccccc3c2)[C@H](OC(C)=O)[C@@H](OC(C)=O)[C@H]1OC(C)=O. The summed E-state index contributed by atoms with van der Waals surface area (Å²) in [4.78, 5) is 47.0. The molecule has 10 heteroatoms. The summed E-state index contributed by atoms with van der Waals surface area (Å²) in [6.07, 6.45) is -6.16. The molecule has 0 amide bonds. The Balaban J connectivity index is 1.98. The second kappa shape index (κ2) is 11.0. The minimum absolute atomic E-state index is 0.324. The number of hydrogen-bond donors (Lipinski definition) is 0. The van der Waals surface area contributed by atoms with Crippen LogP contribution >= 0.6 is 0 Å². The second-order valence-corrected chi connectivity index (χ2v) is 7.69. The van der Waals surface area contributed by atoms with Gasteiger partial charge in [0.05, 0.1) is 0 Å². The Labute approximate surface area is 196 Å². The number of benzene rings is 2. The molecule has 0 aromatic heterocycles. The van der Waals surface area contributed by atoms with E-state index in [1.165, 1.54) is 13.8 Å². The fourth-order valence-electron chi connectivity index (χ4n) is 3.66. The third-order valence-electron chi connectivity index (χ3n) is 4.92. The summed E-state index contributed by atoms with van der Waals surface area (Å²) in [6, 6.07) is 12.9. The molecule has 1 aliphatic rings. The van der Waals surface area contributed by atoms with Crippen LogP contribution < -0.4 is 4.74 Å². The molecule has 1 heterocycles. The van der Waals surface area contributed by atoms with Gasteiger partial charge in [-0.2, -0.15) is 0 Å². The second-order valence-electron chi connectivity index (χ2n) is 7.69. The maximum absolute atomic E-state index is 11.9. The molecule has 2 aromatic carbocycles. The summed E-state index contributed by atoms with van der Waals surface area (Å²) in [7, 11) is 0. The Kier molecular flexibility index (Phi) is 8.06. The largest absolute Gasteiger partial charge is 0.463 e. The topological polar surface area (TPSA) is 124 Å². The van der Waals surface area contributed by atoms with Crippen LogP contribution in [0.4, 0.5) is 0 Å². The lowest BCUT2D eigenvalue weighted by atomic mass is 9.98. The van der Waals surface area contributed by atoms with Crippen molar-refractivity contribution in [3.8, 4) is 5.75 Å². The fraction of sp³-hybridized carbons (Fsp3) is 0.417. The minimum Gasteiger partial charge on any atom is -0.463 e. The number of carbonyl (C=O) groups is 4. The van der Waals surface area contributed by atoms with Gasteiger partial charge >= 0.3 is 23.9 Å². The van der Waals surface area contributed by atoms with Crippen LogP contribution in [-0.4, -0.2) is 61.2 Å². The van der Waals surface area contributed by atoms with Crippen LogP contribution in [0.25, 0.3) is 10.8 Å². The smallest absolute Gasteiger partial charge is 0.303 e. The summed E-state index contributed by atoms with van der Waals surface area (Å²) >= 11 is 0. The van der Waals surface area contributed by atoms with Gasteiger partial charge in [-0.1, -0.05) is 30.3 Å². The minimum atomic E-state index is -1.29. The lowest BCUT2D eigenvalue weighted by Gasteiger charge is -2.43. The third-order valence-corrected chi connectivity index (χ3v) is 4.92. The van der Waals surface area contributed by atoms with Crippen molar-refractivity contribution in [2.75, 3.05) is 6.61 Å². The maximum Gasteiger partial charge on any atom is 0.303 e. The van der Waals surface area contributed by atoms with Gasteiger partial charge in [0.2, 0.25) is 12.4 Å². The van der Waals surface area contributed by atoms with E-state index in [0.717, 1.165) is 24.6 Å². The Morgan fingerprint density at radius 2 is 1.32 bits per heavy atom. The van der Waals surface area contributed by atoms with Crippen molar-refractivity contribution < 1.29 is 47.6 Å². The molecule has 0 unspecified atom stereocenters. The molecule has 1 fully saturated rings. The van der Waals surface area contributed by atoms with Gasteiger partial charge in [0.25, 0.3) is 0 Å². The molecule has 0 bridgehead atoms. The molecule has 0 saturated carbocycles. The van der Waals surface area contributed by atoms with Crippen molar-refractivity contribution in [3.63, 3.8) is 0 Å². The van der Waals surface area contributed by atoms with E-state index in [-0.39, 0.29) is 6.61 Å². The highest BCUT2D eigenvalue weighted by Gasteiger charge is 2.53. The van der Waals surface area contributed by atoms with E-state index in [9.17, 15) is 19.2 Å². The number of esters is 4. The molecule has 1 saturated heterocycles. The van der Waals surface area contributed by atoms with Crippen molar-refractivity contribution in [2.45, 2.75) is 58.4 Å². The zero-order valence-corrected chi connectivity index (χ0v) is 19.2. The fourth-order valence-corrected chi connectivity index (χ4v) is 3.66. The van der Waals surface area contributed by atoms with Crippen LogP contribution in [0.5, 0.6) is 5.75 Å². The summed E-state index contributed by atoms with van der Waals surface area (Å²) in [5.41, 5.74) is 0. The average molecular weight is 474 g/mol. The molecule has 10 nitrogen and oxygen atoms in total. The van der Waals surface area contributed by atoms with Crippen LogP contribution in [-0.2, 0) is 42.9 Å². The van der Waals surface area contributed by atoms with Crippen molar-refractivity contribution in [1.82, 2.24) is 0 Å². The van der Waals surface area contributed by atoms with Crippen LogP contribution in [0.2, 0.25) is 0 Å². The van der Waals surface area contributed by atoms with Gasteiger partial charge in [-0.05, 0) is 22.9 Å². The molecule has 0 radical (unpaired) electrons. The summed E-state index contributed by atoms with van der Waals surface area (Å²) in [5.74, 6) is -2.31. The Morgan fingerprint density at radius 3 is 1.94 bits per heavy atom. The van der Waals surface area contributed by atoms with Gasteiger partial charge in [-0.25, -0.2) is 0 Å². The number of hydrogen-bond acceptors (Lipinski definition) is 10. The third kappa shape index (κ3) is 6.44. The first-order chi connectivity index (χ1) is 16.1. The zero-order valence-electron chi connectivity index (χ0n) is 19.2. The molecule has 0 N–H and O–H groups in total. The Hall–Kier alpha value is -3.66. The predicted octanol–water partition coefficient (Wildman–Crippen LogP) is 2.30. The Morgan fingerprint density at radius 1 is 0.735 bits per heavy atom. The van der Waals surface area contributed by atoms with Gasteiger partial charge in [0.15, 0.2) is 12.2 Å². The molecular formula is C24H26O10. The first kappa shape index (κ1) is 25.0. The van der Waals surface area contributed by atoms with Crippen molar-refractivity contribution in [1.29, 1.82) is 0 Å². The van der Waals surface area contributed by atoms with Crippen LogP contribution in [0, 0.1) is 0 Å². The van der Waals surface area contributed by atoms with Crippen molar-refractivity contribution in [3.05, 3.63) is 42.5 Å². The maximum atomic E-state index is 11.9. The highest BCUT2D eigenvalue weighted by Crippen LogP contribution is 2.31. The quantitative estimate of drug-likeness (QED) is 0.436. The highest BCUT2D eigenvalue weighted by atomic mass is 16.7. The number of carbonyl (C=O) groups excluding carboxylic acids is 4. The van der Waals surface area contributed by atoms with Gasteiger partial charge in [-0.3, -0.25) is 19.2 Å². The predicted molar refractivity (Wildman–Crippen MR) is 117 cm³/mol. The van der Waals surface area contributed by atoms with Crippen LogP contribution in [0.3, 0.4) is 0 Å². The van der Waals surface area contributed by atoms with Crippen molar-refractivity contribution in [2.24, 2.45) is 0 Å². The van der Waals surface area contributed by atoms with E-state index in [1.807, 2.05) is 30.3 Å². The summed E-state index contributed by atoms with van der Waals surface area (Å²) < 4.78 is 33.1. The lowest BCUT2D eigenvalue weighted by molar-refractivity contribution is -0.288. The van der Waals surface area contributed by atoms with E-state index in [4.69, 9.17) is 28.4 Å². The molecule has 3 rings (SSSR count). The van der Waals surface area contributed by atoms with Gasteiger partial charge in [-0.15, -0.1) is 0 Å². The average Bonchev–Trinajstić information content (AvgIpc) is 2.75. The van der Waals surface area contributed by atoms with E-state index in [1.54, 1.807) is 12.1 Å². The molecule has 1 aliphatic heterocycles. The van der Waals surface area contributed by atoms with E-state index >= 15 is 0 Å². The van der Waals surface area contributed by atoms with Gasteiger partial charge in [0, 0.05) is 27.7 Å². The van der Waals surface area contributed by atoms with E-state index in [0.29, 0.717) is 5.75 Å². The molecule has 0 aliphatic carbocycles. The van der Waals surface area contributed by atoms with E-state index in [2.05, 4.69) is 0 Å².